The quantitative estimate of drug-likeness (QED) is 0.538. The summed E-state index contributed by atoms with van der Waals surface area (Å²) in [6.07, 6.45) is 0. The fraction of sp³-hybridized carbons (Fsp3) is 0.100. The number of ketones is 1. The van der Waals surface area contributed by atoms with Crippen LogP contribution in [0.2, 0.25) is 0 Å². The van der Waals surface area contributed by atoms with Crippen molar-refractivity contribution in [2.45, 2.75) is 6.92 Å². The second-order valence-corrected chi connectivity index (χ2v) is 2.62. The Balaban J connectivity index is 3.11. The van der Waals surface area contributed by atoms with Crippen LogP contribution >= 0.6 is 0 Å². The Bertz CT molecular complexity index is 338. The minimum atomic E-state index is -0.605. The van der Waals surface area contributed by atoms with Gasteiger partial charge in [0.1, 0.15) is 0 Å². The van der Waals surface area contributed by atoms with Gasteiger partial charge in [0.2, 0.25) is 5.76 Å². The molecule has 0 amide bonds. The first-order valence-electron chi connectivity index (χ1n) is 3.81. The maximum atomic E-state index is 10.7. The van der Waals surface area contributed by atoms with Crippen molar-refractivity contribution in [2.75, 3.05) is 0 Å². The van der Waals surface area contributed by atoms with Crippen molar-refractivity contribution in [3.05, 3.63) is 41.7 Å². The van der Waals surface area contributed by atoms with Gasteiger partial charge in [-0.2, -0.15) is 0 Å². The Labute approximate surface area is 76.0 Å². The van der Waals surface area contributed by atoms with Crippen molar-refractivity contribution >= 4 is 11.5 Å². The molecule has 0 spiro atoms. The number of aliphatic hydroxyl groups is 2. The van der Waals surface area contributed by atoms with E-state index in [2.05, 4.69) is 0 Å². The summed E-state index contributed by atoms with van der Waals surface area (Å²) in [5, 5.41) is 18.5. The van der Waals surface area contributed by atoms with Gasteiger partial charge in [-0.15, -0.1) is 0 Å². The van der Waals surface area contributed by atoms with Crippen molar-refractivity contribution in [3.8, 4) is 0 Å². The van der Waals surface area contributed by atoms with E-state index in [1.807, 2.05) is 0 Å². The number of carbonyl (C=O) groups excluding carboxylic acids is 1. The number of hydrogen-bond donors (Lipinski definition) is 2. The largest absolute Gasteiger partial charge is 0.504 e. The predicted molar refractivity (Wildman–Crippen MR) is 49.3 cm³/mol. The molecule has 1 aromatic rings. The zero-order valence-electron chi connectivity index (χ0n) is 7.19. The molecule has 0 aromatic heterocycles. The molecule has 0 atom stereocenters. The number of rotatable bonds is 2. The van der Waals surface area contributed by atoms with Gasteiger partial charge in [-0.1, -0.05) is 30.3 Å². The van der Waals surface area contributed by atoms with Gasteiger partial charge in [0.25, 0.3) is 0 Å². The lowest BCUT2D eigenvalue weighted by molar-refractivity contribution is -0.115. The monoisotopic (exact) mass is 178 g/mol. The van der Waals surface area contributed by atoms with Crippen LogP contribution in [0.4, 0.5) is 0 Å². The topological polar surface area (TPSA) is 57.5 Å². The van der Waals surface area contributed by atoms with Gasteiger partial charge >= 0.3 is 0 Å². The summed E-state index contributed by atoms with van der Waals surface area (Å²) < 4.78 is 0. The standard InChI is InChI=1S/C10H10O3/c1-7(11)9(12)10(13)8-5-3-2-4-6-8/h2-6,12-13H,1H3/b10-9+. The van der Waals surface area contributed by atoms with Gasteiger partial charge in [0, 0.05) is 12.5 Å². The van der Waals surface area contributed by atoms with Gasteiger partial charge in [0.05, 0.1) is 0 Å². The van der Waals surface area contributed by atoms with Crippen LogP contribution in [0.1, 0.15) is 12.5 Å². The Hall–Kier alpha value is -1.77. The lowest BCUT2D eigenvalue weighted by Gasteiger charge is -2.01. The molecule has 68 valence electrons. The molecule has 0 bridgehead atoms. The molecule has 2 N–H and O–H groups in total. The number of allylic oxidation sites excluding steroid dienone is 1. The third kappa shape index (κ3) is 2.08. The molecular formula is C10H10O3. The molecule has 0 fully saturated rings. The molecule has 1 rings (SSSR count). The average molecular weight is 178 g/mol. The van der Waals surface area contributed by atoms with Crippen molar-refractivity contribution in [3.63, 3.8) is 0 Å². The van der Waals surface area contributed by atoms with Crippen LogP contribution in [0.25, 0.3) is 5.76 Å². The Morgan fingerprint density at radius 1 is 1.15 bits per heavy atom. The smallest absolute Gasteiger partial charge is 0.201 e. The summed E-state index contributed by atoms with van der Waals surface area (Å²) in [5.74, 6) is -1.54. The van der Waals surface area contributed by atoms with Crippen molar-refractivity contribution < 1.29 is 15.0 Å². The van der Waals surface area contributed by atoms with Crippen LogP contribution in [-0.4, -0.2) is 16.0 Å². The molecule has 3 nitrogen and oxygen atoms in total. The lowest BCUT2D eigenvalue weighted by Crippen LogP contribution is -1.99. The van der Waals surface area contributed by atoms with E-state index in [0.717, 1.165) is 0 Å². The molecule has 0 saturated heterocycles. The van der Waals surface area contributed by atoms with Crippen LogP contribution in [0.5, 0.6) is 0 Å². The van der Waals surface area contributed by atoms with Crippen molar-refractivity contribution in [1.82, 2.24) is 0 Å². The summed E-state index contributed by atoms with van der Waals surface area (Å²) in [6.45, 7) is 1.19. The average Bonchev–Trinajstić information content (AvgIpc) is 2.17. The minimum Gasteiger partial charge on any atom is -0.504 e. The van der Waals surface area contributed by atoms with Crippen molar-refractivity contribution in [2.24, 2.45) is 0 Å². The molecule has 0 saturated carbocycles. The SMILES string of the molecule is CC(=O)/C(O)=C(\O)c1ccccc1. The fourth-order valence-electron chi connectivity index (χ4n) is 0.899. The number of benzene rings is 1. The lowest BCUT2D eigenvalue weighted by atomic mass is 10.1. The first-order chi connectivity index (χ1) is 6.13. The van der Waals surface area contributed by atoms with Gasteiger partial charge < -0.3 is 10.2 Å². The molecule has 0 aliphatic heterocycles. The van der Waals surface area contributed by atoms with Gasteiger partial charge in [-0.3, -0.25) is 4.79 Å². The van der Waals surface area contributed by atoms with Crippen LogP contribution < -0.4 is 0 Å². The molecule has 0 heterocycles. The second-order valence-electron chi connectivity index (χ2n) is 2.62. The Kier molecular flexibility index (Phi) is 2.69. The van der Waals surface area contributed by atoms with Gasteiger partial charge in [0.15, 0.2) is 11.5 Å². The highest BCUT2D eigenvalue weighted by molar-refractivity contribution is 5.97. The van der Waals surface area contributed by atoms with E-state index >= 15 is 0 Å². The molecule has 0 aliphatic rings. The van der Waals surface area contributed by atoms with Crippen LogP contribution in [-0.2, 0) is 4.79 Å². The number of carbonyl (C=O) groups is 1. The first-order valence-corrected chi connectivity index (χ1v) is 3.81. The van der Waals surface area contributed by atoms with Crippen LogP contribution in [0.15, 0.2) is 36.1 Å². The summed E-state index contributed by atoms with van der Waals surface area (Å²) in [6, 6.07) is 8.41. The zero-order valence-corrected chi connectivity index (χ0v) is 7.19. The molecule has 1 aromatic carbocycles. The highest BCUT2D eigenvalue weighted by atomic mass is 16.3. The summed E-state index contributed by atoms with van der Waals surface area (Å²) in [5.41, 5.74) is 0.426. The van der Waals surface area contributed by atoms with E-state index in [1.165, 1.54) is 6.92 Å². The van der Waals surface area contributed by atoms with Crippen LogP contribution in [0.3, 0.4) is 0 Å². The molecule has 13 heavy (non-hydrogen) atoms. The third-order valence-corrected chi connectivity index (χ3v) is 1.61. The molecule has 0 aliphatic carbocycles. The Morgan fingerprint density at radius 3 is 2.15 bits per heavy atom. The predicted octanol–water partition coefficient (Wildman–Crippen LogP) is 2.06. The Morgan fingerprint density at radius 2 is 1.69 bits per heavy atom. The van der Waals surface area contributed by atoms with Gasteiger partial charge in [-0.25, -0.2) is 0 Å². The second kappa shape index (κ2) is 3.76. The van der Waals surface area contributed by atoms with E-state index in [4.69, 9.17) is 5.11 Å². The summed E-state index contributed by atoms with van der Waals surface area (Å²) in [7, 11) is 0. The van der Waals surface area contributed by atoms with Crippen LogP contribution in [0, 0.1) is 0 Å². The highest BCUT2D eigenvalue weighted by Crippen LogP contribution is 2.13. The minimum absolute atomic E-state index is 0.381. The number of hydrogen-bond acceptors (Lipinski definition) is 3. The molecule has 3 heteroatoms. The molecular weight excluding hydrogens is 168 g/mol. The highest BCUT2D eigenvalue weighted by Gasteiger charge is 2.09. The van der Waals surface area contributed by atoms with E-state index in [1.54, 1.807) is 30.3 Å². The van der Waals surface area contributed by atoms with E-state index in [9.17, 15) is 9.90 Å². The maximum absolute atomic E-state index is 10.7. The number of Topliss-reactive ketones (excluding diaryl/α,β-unsaturated/α-hetero) is 1. The first kappa shape index (κ1) is 9.32. The number of aliphatic hydroxyl groups excluding tert-OH is 2. The van der Waals surface area contributed by atoms with E-state index in [-0.39, 0.29) is 5.76 Å². The molecule has 0 unspecified atom stereocenters. The third-order valence-electron chi connectivity index (χ3n) is 1.61. The normalized spacial score (nSPS) is 12.1. The van der Waals surface area contributed by atoms with Gasteiger partial charge in [-0.05, 0) is 0 Å². The van der Waals surface area contributed by atoms with E-state index in [0.29, 0.717) is 5.56 Å². The maximum Gasteiger partial charge on any atom is 0.201 e. The zero-order chi connectivity index (χ0) is 9.84. The van der Waals surface area contributed by atoms with E-state index < -0.39 is 11.5 Å². The summed E-state index contributed by atoms with van der Waals surface area (Å²) >= 11 is 0. The summed E-state index contributed by atoms with van der Waals surface area (Å²) in [4.78, 5) is 10.7. The van der Waals surface area contributed by atoms with Crippen molar-refractivity contribution in [1.29, 1.82) is 0 Å². The molecule has 0 radical (unpaired) electrons. The fourth-order valence-corrected chi connectivity index (χ4v) is 0.899.